The van der Waals surface area contributed by atoms with Crippen molar-refractivity contribution in [3.05, 3.63) is 6.48 Å². The van der Waals surface area contributed by atoms with Crippen LogP contribution in [0.4, 0.5) is 0 Å². The Balaban J connectivity index is 0. The zero-order valence-corrected chi connectivity index (χ0v) is 9.80. The predicted octanol–water partition coefficient (Wildman–Crippen LogP) is 1.54. The third-order valence-electron chi connectivity index (χ3n) is 0.787. The van der Waals surface area contributed by atoms with Gasteiger partial charge in [0.15, 0.2) is 0 Å². The molecule has 0 fully saturated rings. The maximum absolute atomic E-state index is 5.00. The maximum atomic E-state index is 5.00. The minimum atomic E-state index is 0. The van der Waals surface area contributed by atoms with Crippen molar-refractivity contribution in [2.24, 2.45) is 0 Å². The normalized spacial score (nSPS) is 9.82. The first-order valence-corrected chi connectivity index (χ1v) is 3.60. The van der Waals surface area contributed by atoms with Crippen LogP contribution in [0.1, 0.15) is 20.8 Å². The van der Waals surface area contributed by atoms with Crippen molar-refractivity contribution in [3.63, 3.8) is 0 Å². The van der Waals surface area contributed by atoms with Crippen molar-refractivity contribution < 1.29 is 40.4 Å². The minimum Gasteiger partial charge on any atom is -0.496 e. The molecule has 0 rings (SSSR count). The minimum absolute atomic E-state index is 0. The molecule has 0 aliphatic carbocycles. The molecule has 0 aliphatic heterocycles. The standard InChI is InChI=1S/C7H15O3.Zr/c1-4-8-7(9-5-2)10-6-3;/h4-6H2,1-3H3;/q-1;. The smallest absolute Gasteiger partial charge is 0.0375 e. The Bertz CT molecular complexity index is 56.4. The van der Waals surface area contributed by atoms with E-state index in [1.165, 1.54) is 0 Å². The maximum Gasteiger partial charge on any atom is 0.0375 e. The van der Waals surface area contributed by atoms with Crippen LogP contribution < -0.4 is 0 Å². The zero-order chi connectivity index (χ0) is 7.82. The molecule has 0 aliphatic rings. The van der Waals surface area contributed by atoms with E-state index in [2.05, 4.69) is 0 Å². The van der Waals surface area contributed by atoms with Gasteiger partial charge in [-0.2, -0.15) is 0 Å². The second-order valence-electron chi connectivity index (χ2n) is 1.55. The second kappa shape index (κ2) is 10.8. The molecule has 0 atom stereocenters. The molecule has 3 nitrogen and oxygen atoms in total. The first kappa shape index (κ1) is 14.3. The predicted molar refractivity (Wildman–Crippen MR) is 38.1 cm³/mol. The van der Waals surface area contributed by atoms with E-state index in [4.69, 9.17) is 14.2 Å². The Hall–Kier alpha value is 0.763. The van der Waals surface area contributed by atoms with Crippen molar-refractivity contribution in [1.82, 2.24) is 0 Å². The van der Waals surface area contributed by atoms with Crippen LogP contribution in [0.2, 0.25) is 0 Å². The average molecular weight is 238 g/mol. The number of ether oxygens (including phenoxy) is 3. The molecule has 66 valence electrons. The summed E-state index contributed by atoms with van der Waals surface area (Å²) in [6, 6.07) is 0. The van der Waals surface area contributed by atoms with Gasteiger partial charge in [-0.1, -0.05) is 0 Å². The molecule has 0 N–H and O–H groups in total. The van der Waals surface area contributed by atoms with Crippen LogP contribution in [0.3, 0.4) is 0 Å². The molecule has 0 heterocycles. The van der Waals surface area contributed by atoms with Gasteiger partial charge in [0.1, 0.15) is 0 Å². The fraction of sp³-hybridized carbons (Fsp3) is 0.857. The number of hydrogen-bond acceptors (Lipinski definition) is 3. The van der Waals surface area contributed by atoms with E-state index < -0.39 is 0 Å². The van der Waals surface area contributed by atoms with E-state index >= 15 is 0 Å². The second-order valence-corrected chi connectivity index (χ2v) is 1.55. The van der Waals surface area contributed by atoms with Crippen molar-refractivity contribution in [2.75, 3.05) is 19.8 Å². The number of rotatable bonds is 6. The first-order chi connectivity index (χ1) is 4.85. The molecule has 11 heavy (non-hydrogen) atoms. The molecule has 0 amide bonds. The van der Waals surface area contributed by atoms with Gasteiger partial charge >= 0.3 is 0 Å². The Labute approximate surface area is 87.5 Å². The molecule has 0 spiro atoms. The molecule has 0 aromatic rings. The van der Waals surface area contributed by atoms with E-state index in [9.17, 15) is 0 Å². The van der Waals surface area contributed by atoms with Crippen LogP contribution in [-0.2, 0) is 40.4 Å². The van der Waals surface area contributed by atoms with Gasteiger partial charge in [-0.25, -0.2) is 0 Å². The molecule has 0 saturated carbocycles. The summed E-state index contributed by atoms with van der Waals surface area (Å²) in [5.74, 6) is 0. The first-order valence-electron chi connectivity index (χ1n) is 3.60. The van der Waals surface area contributed by atoms with Gasteiger partial charge in [0.2, 0.25) is 0 Å². The van der Waals surface area contributed by atoms with Gasteiger partial charge in [-0.05, 0) is 20.8 Å². The molecule has 0 radical (unpaired) electrons. The van der Waals surface area contributed by atoms with Gasteiger partial charge < -0.3 is 14.2 Å². The van der Waals surface area contributed by atoms with Crippen LogP contribution in [0, 0.1) is 6.48 Å². The Morgan fingerprint density at radius 3 is 1.27 bits per heavy atom. The van der Waals surface area contributed by atoms with E-state index in [-0.39, 0.29) is 32.7 Å². The summed E-state index contributed by atoms with van der Waals surface area (Å²) in [7, 11) is 0. The van der Waals surface area contributed by atoms with Crippen LogP contribution in [0.15, 0.2) is 0 Å². The van der Waals surface area contributed by atoms with Gasteiger partial charge in [0.05, 0.1) is 0 Å². The fourth-order valence-electron chi connectivity index (χ4n) is 0.479. The van der Waals surface area contributed by atoms with E-state index in [1.54, 1.807) is 0 Å². The molecule has 0 aromatic carbocycles. The fourth-order valence-corrected chi connectivity index (χ4v) is 0.479. The van der Waals surface area contributed by atoms with Crippen LogP contribution in [-0.4, -0.2) is 19.8 Å². The molecule has 0 bridgehead atoms. The summed E-state index contributed by atoms with van der Waals surface area (Å²) in [6.45, 7) is 7.68. The summed E-state index contributed by atoms with van der Waals surface area (Å²) in [5, 5.41) is 0. The topological polar surface area (TPSA) is 27.7 Å². The van der Waals surface area contributed by atoms with Gasteiger partial charge in [0.25, 0.3) is 0 Å². The molecule has 0 aromatic heterocycles. The van der Waals surface area contributed by atoms with Crippen LogP contribution >= 0.6 is 0 Å². The molecular weight excluding hydrogens is 223 g/mol. The SMILES string of the molecule is CCO[C-](OCC)OCC.[Zr]. The van der Waals surface area contributed by atoms with Gasteiger partial charge in [-0.3, -0.25) is 0 Å². The monoisotopic (exact) mass is 237 g/mol. The van der Waals surface area contributed by atoms with Crippen molar-refractivity contribution in [2.45, 2.75) is 20.8 Å². The Morgan fingerprint density at radius 1 is 0.818 bits per heavy atom. The molecule has 0 saturated heterocycles. The quantitative estimate of drug-likeness (QED) is 0.657. The summed E-state index contributed by atoms with van der Waals surface area (Å²) >= 11 is 0. The summed E-state index contributed by atoms with van der Waals surface area (Å²) in [4.78, 5) is 0. The third kappa shape index (κ3) is 8.67. The molecule has 0 unspecified atom stereocenters. The van der Waals surface area contributed by atoms with E-state index in [1.807, 2.05) is 20.8 Å². The third-order valence-corrected chi connectivity index (χ3v) is 0.787. The van der Waals surface area contributed by atoms with E-state index in [0.717, 1.165) is 0 Å². The number of hydrogen-bond donors (Lipinski definition) is 0. The average Bonchev–Trinajstić information content (AvgIpc) is 1.90. The molecule has 4 heteroatoms. The van der Waals surface area contributed by atoms with Crippen LogP contribution in [0.5, 0.6) is 0 Å². The van der Waals surface area contributed by atoms with Crippen molar-refractivity contribution in [1.29, 1.82) is 0 Å². The van der Waals surface area contributed by atoms with Crippen molar-refractivity contribution >= 4 is 0 Å². The summed E-state index contributed by atoms with van der Waals surface area (Å²) in [5.41, 5.74) is 0. The zero-order valence-electron chi connectivity index (χ0n) is 7.35. The molecular formula is C7H15O3Zr-. The summed E-state index contributed by atoms with van der Waals surface area (Å²) in [6.07, 6.45) is 0. The summed E-state index contributed by atoms with van der Waals surface area (Å²) < 4.78 is 15.0. The van der Waals surface area contributed by atoms with E-state index in [0.29, 0.717) is 19.8 Å². The Kier molecular flexibility index (Phi) is 14.0. The van der Waals surface area contributed by atoms with Crippen molar-refractivity contribution in [3.8, 4) is 0 Å². The largest absolute Gasteiger partial charge is 0.496 e. The van der Waals surface area contributed by atoms with Gasteiger partial charge in [0, 0.05) is 52.5 Å². The Morgan fingerprint density at radius 2 is 1.09 bits per heavy atom. The van der Waals surface area contributed by atoms with Crippen LogP contribution in [0.25, 0.3) is 0 Å². The van der Waals surface area contributed by atoms with Gasteiger partial charge in [-0.15, -0.1) is 0 Å².